The van der Waals surface area contributed by atoms with Crippen molar-refractivity contribution < 1.29 is 19.6 Å². The smallest absolute Gasteiger partial charge is 0.339 e. The van der Waals surface area contributed by atoms with Gasteiger partial charge in [-0.3, -0.25) is 10.1 Å². The number of aromatic hydroxyl groups is 1. The van der Waals surface area contributed by atoms with Gasteiger partial charge in [0, 0.05) is 17.3 Å². The number of rotatable bonds is 6. The lowest BCUT2D eigenvalue weighted by Gasteiger charge is -2.08. The molecule has 9 heteroatoms. The van der Waals surface area contributed by atoms with Crippen molar-refractivity contribution in [1.29, 1.82) is 0 Å². The molecule has 0 saturated heterocycles. The second kappa shape index (κ2) is 8.47. The van der Waals surface area contributed by atoms with E-state index in [1.807, 2.05) is 19.1 Å². The van der Waals surface area contributed by atoms with Gasteiger partial charge in [0.05, 0.1) is 17.7 Å². The lowest BCUT2D eigenvalue weighted by atomic mass is 10.2. The first-order valence-corrected chi connectivity index (χ1v) is 7.72. The molecule has 0 saturated carbocycles. The van der Waals surface area contributed by atoms with Crippen LogP contribution in [0.2, 0.25) is 0 Å². The number of nitrogens with one attached hydrogen (secondary N) is 2. The number of anilines is 1. The molecule has 2 aromatic carbocycles. The zero-order chi connectivity index (χ0) is 19.1. The highest BCUT2D eigenvalue weighted by atomic mass is 16.6. The van der Waals surface area contributed by atoms with E-state index in [0.29, 0.717) is 5.69 Å². The number of nitro groups is 1. The number of hydrazone groups is 1. The van der Waals surface area contributed by atoms with Crippen LogP contribution in [0.5, 0.6) is 11.5 Å². The molecule has 2 rings (SSSR count). The standard InChI is InChI=1S/C17H18N4O5/c1-3-26-15-9-12(8-14(16(15)22)21(24)25)10-18-20-17(23)19-13-7-5-4-6-11(13)2/h4-10,22H,3H2,1-2H3,(H2,19,20,23)/b18-10-. The van der Waals surface area contributed by atoms with E-state index in [-0.39, 0.29) is 17.9 Å². The summed E-state index contributed by atoms with van der Waals surface area (Å²) in [5, 5.41) is 27.2. The second-order valence-corrected chi connectivity index (χ2v) is 5.22. The van der Waals surface area contributed by atoms with E-state index in [1.165, 1.54) is 12.3 Å². The number of benzene rings is 2. The third-order valence-corrected chi connectivity index (χ3v) is 3.35. The van der Waals surface area contributed by atoms with Crippen LogP contribution >= 0.6 is 0 Å². The van der Waals surface area contributed by atoms with E-state index in [9.17, 15) is 20.0 Å². The van der Waals surface area contributed by atoms with Gasteiger partial charge in [0.1, 0.15) is 0 Å². The summed E-state index contributed by atoms with van der Waals surface area (Å²) in [5.74, 6) is -0.591. The Morgan fingerprint density at radius 1 is 1.38 bits per heavy atom. The van der Waals surface area contributed by atoms with Gasteiger partial charge in [-0.2, -0.15) is 5.10 Å². The number of urea groups is 1. The van der Waals surface area contributed by atoms with Crippen LogP contribution in [-0.2, 0) is 0 Å². The van der Waals surface area contributed by atoms with E-state index >= 15 is 0 Å². The average molecular weight is 358 g/mol. The maximum absolute atomic E-state index is 11.8. The Morgan fingerprint density at radius 2 is 2.12 bits per heavy atom. The van der Waals surface area contributed by atoms with Crippen LogP contribution in [0.1, 0.15) is 18.1 Å². The molecule has 0 aliphatic rings. The highest BCUT2D eigenvalue weighted by Crippen LogP contribution is 2.36. The van der Waals surface area contributed by atoms with Crippen molar-refractivity contribution >= 4 is 23.6 Å². The molecule has 0 aromatic heterocycles. The van der Waals surface area contributed by atoms with Crippen LogP contribution in [-0.4, -0.2) is 28.9 Å². The Labute approximate surface area is 149 Å². The largest absolute Gasteiger partial charge is 0.500 e. The molecule has 0 heterocycles. The normalized spacial score (nSPS) is 10.5. The Hall–Kier alpha value is -3.62. The van der Waals surface area contributed by atoms with Crippen molar-refractivity contribution in [1.82, 2.24) is 5.43 Å². The first kappa shape index (κ1) is 18.7. The third kappa shape index (κ3) is 4.69. The van der Waals surface area contributed by atoms with Crippen molar-refractivity contribution in [2.45, 2.75) is 13.8 Å². The van der Waals surface area contributed by atoms with Crippen LogP contribution in [0, 0.1) is 17.0 Å². The fraction of sp³-hybridized carbons (Fsp3) is 0.176. The number of phenols is 1. The van der Waals surface area contributed by atoms with Gasteiger partial charge in [-0.15, -0.1) is 0 Å². The fourth-order valence-electron chi connectivity index (χ4n) is 2.12. The Bertz CT molecular complexity index is 851. The van der Waals surface area contributed by atoms with Gasteiger partial charge >= 0.3 is 11.7 Å². The molecular formula is C17H18N4O5. The number of aryl methyl sites for hydroxylation is 1. The number of hydrogen-bond donors (Lipinski definition) is 3. The zero-order valence-electron chi connectivity index (χ0n) is 14.2. The number of hydrogen-bond acceptors (Lipinski definition) is 6. The molecule has 2 amide bonds. The van der Waals surface area contributed by atoms with Crippen molar-refractivity contribution in [3.05, 3.63) is 57.6 Å². The summed E-state index contributed by atoms with van der Waals surface area (Å²) in [6, 6.07) is 9.19. The predicted octanol–water partition coefficient (Wildman–Crippen LogP) is 3.16. The number of para-hydroxylation sites is 1. The molecule has 136 valence electrons. The van der Waals surface area contributed by atoms with Crippen molar-refractivity contribution in [2.24, 2.45) is 5.10 Å². The molecule has 9 nitrogen and oxygen atoms in total. The molecule has 0 aliphatic heterocycles. The molecular weight excluding hydrogens is 340 g/mol. The van der Waals surface area contributed by atoms with Gasteiger partial charge in [0.25, 0.3) is 0 Å². The summed E-state index contributed by atoms with van der Waals surface area (Å²) in [7, 11) is 0. The lowest BCUT2D eigenvalue weighted by molar-refractivity contribution is -0.386. The van der Waals surface area contributed by atoms with Crippen molar-refractivity contribution in [3.8, 4) is 11.5 Å². The molecule has 3 N–H and O–H groups in total. The Kier molecular flexibility index (Phi) is 6.10. The van der Waals surface area contributed by atoms with Crippen LogP contribution in [0.4, 0.5) is 16.2 Å². The van der Waals surface area contributed by atoms with E-state index in [2.05, 4.69) is 15.8 Å². The Morgan fingerprint density at radius 3 is 2.77 bits per heavy atom. The number of ether oxygens (including phenoxy) is 1. The lowest BCUT2D eigenvalue weighted by Crippen LogP contribution is -2.24. The number of nitro benzene ring substituents is 1. The molecule has 0 bridgehead atoms. The molecule has 0 radical (unpaired) electrons. The summed E-state index contributed by atoms with van der Waals surface area (Å²) in [6.07, 6.45) is 1.21. The second-order valence-electron chi connectivity index (χ2n) is 5.22. The monoisotopic (exact) mass is 358 g/mol. The molecule has 26 heavy (non-hydrogen) atoms. The molecule has 0 fully saturated rings. The fourth-order valence-corrected chi connectivity index (χ4v) is 2.12. The van der Waals surface area contributed by atoms with Crippen LogP contribution in [0.15, 0.2) is 41.5 Å². The maximum atomic E-state index is 11.8. The maximum Gasteiger partial charge on any atom is 0.339 e. The first-order chi connectivity index (χ1) is 12.4. The topological polar surface area (TPSA) is 126 Å². The number of phenolic OH excluding ortho intramolecular Hbond substituents is 1. The molecule has 0 atom stereocenters. The highest BCUT2D eigenvalue weighted by molar-refractivity contribution is 5.91. The molecule has 0 unspecified atom stereocenters. The minimum absolute atomic E-state index is 0.0347. The SMILES string of the molecule is CCOc1cc(/C=N\NC(=O)Nc2ccccc2C)cc([N+](=O)[O-])c1O. The number of nitrogens with zero attached hydrogens (tertiary/aromatic N) is 2. The predicted molar refractivity (Wildman–Crippen MR) is 96.9 cm³/mol. The summed E-state index contributed by atoms with van der Waals surface area (Å²) in [4.78, 5) is 22.1. The van der Waals surface area contributed by atoms with Gasteiger partial charge in [-0.1, -0.05) is 18.2 Å². The van der Waals surface area contributed by atoms with Gasteiger partial charge < -0.3 is 15.2 Å². The zero-order valence-corrected chi connectivity index (χ0v) is 14.2. The molecule has 0 spiro atoms. The van der Waals surface area contributed by atoms with Gasteiger partial charge in [0.2, 0.25) is 5.75 Å². The van der Waals surface area contributed by atoms with E-state index in [0.717, 1.165) is 11.6 Å². The minimum Gasteiger partial charge on any atom is -0.500 e. The Balaban J connectivity index is 2.11. The van der Waals surface area contributed by atoms with Crippen LogP contribution in [0.25, 0.3) is 0 Å². The van der Waals surface area contributed by atoms with Crippen molar-refractivity contribution in [3.63, 3.8) is 0 Å². The third-order valence-electron chi connectivity index (χ3n) is 3.35. The molecule has 0 aliphatic carbocycles. The summed E-state index contributed by atoms with van der Waals surface area (Å²) >= 11 is 0. The number of amides is 2. The summed E-state index contributed by atoms with van der Waals surface area (Å²) in [6.45, 7) is 3.76. The molecule has 2 aromatic rings. The van der Waals surface area contributed by atoms with Crippen molar-refractivity contribution in [2.75, 3.05) is 11.9 Å². The average Bonchev–Trinajstić information content (AvgIpc) is 2.59. The van der Waals surface area contributed by atoms with Crippen LogP contribution < -0.4 is 15.5 Å². The number of carbonyl (C=O) groups is 1. The quantitative estimate of drug-likeness (QED) is 0.415. The summed E-state index contributed by atoms with van der Waals surface area (Å²) < 4.78 is 5.17. The van der Waals surface area contributed by atoms with Gasteiger partial charge in [-0.25, -0.2) is 10.2 Å². The van der Waals surface area contributed by atoms with E-state index < -0.39 is 22.4 Å². The highest BCUT2D eigenvalue weighted by Gasteiger charge is 2.19. The minimum atomic E-state index is -0.729. The van der Waals surface area contributed by atoms with Crippen LogP contribution in [0.3, 0.4) is 0 Å². The van der Waals surface area contributed by atoms with E-state index in [1.54, 1.807) is 19.1 Å². The summed E-state index contributed by atoms with van der Waals surface area (Å²) in [5.41, 5.74) is 3.57. The van der Waals surface area contributed by atoms with E-state index in [4.69, 9.17) is 4.74 Å². The van der Waals surface area contributed by atoms with Gasteiger partial charge in [-0.05, 0) is 31.5 Å². The first-order valence-electron chi connectivity index (χ1n) is 7.72. The number of carbonyl (C=O) groups excluding carboxylic acids is 1. The van der Waals surface area contributed by atoms with Gasteiger partial charge in [0.15, 0.2) is 5.75 Å².